The zero-order valence-electron chi connectivity index (χ0n) is 23.4. The summed E-state index contributed by atoms with van der Waals surface area (Å²) in [6.45, 7) is -0.510. The Labute approximate surface area is 258 Å². The molecule has 2 aromatic rings. The molecule has 19 heteroatoms. The van der Waals surface area contributed by atoms with E-state index in [4.69, 9.17) is 21.4 Å². The summed E-state index contributed by atoms with van der Waals surface area (Å²) < 4.78 is 99.1. The second-order valence-electron chi connectivity index (χ2n) is 9.75. The molecule has 1 fully saturated rings. The molecule has 1 saturated carbocycles. The predicted octanol–water partition coefficient (Wildman–Crippen LogP) is 3.34. The van der Waals surface area contributed by atoms with Crippen molar-refractivity contribution in [2.45, 2.75) is 53.7 Å². The lowest BCUT2D eigenvalue weighted by Gasteiger charge is -2.35. The van der Waals surface area contributed by atoms with Crippen molar-refractivity contribution in [2.24, 2.45) is 11.7 Å². The molecule has 3 rings (SSSR count). The lowest BCUT2D eigenvalue weighted by atomic mass is 9.83. The van der Waals surface area contributed by atoms with Gasteiger partial charge in [0.1, 0.15) is 5.75 Å². The highest BCUT2D eigenvalue weighted by atomic mass is 32.2. The monoisotopic (exact) mass is 688 g/mol. The first-order valence-corrected chi connectivity index (χ1v) is 15.7. The quantitative estimate of drug-likeness (QED) is 0.148. The van der Waals surface area contributed by atoms with Gasteiger partial charge in [-0.15, -0.1) is 24.9 Å². The van der Waals surface area contributed by atoms with E-state index in [2.05, 4.69) is 15.4 Å². The van der Waals surface area contributed by atoms with Gasteiger partial charge in [0.2, 0.25) is 5.91 Å². The highest BCUT2D eigenvalue weighted by Gasteiger charge is 2.38. The van der Waals surface area contributed by atoms with Gasteiger partial charge in [-0.2, -0.15) is 13.2 Å². The molecule has 0 heterocycles. The van der Waals surface area contributed by atoms with Crippen LogP contribution < -0.4 is 26.8 Å². The van der Waals surface area contributed by atoms with Crippen LogP contribution in [0.5, 0.6) is 5.75 Å². The molecule has 11 nitrogen and oxygen atoms in total. The first-order chi connectivity index (χ1) is 20.7. The maximum absolute atomic E-state index is 13.0. The topological polar surface area (TPSA) is 191 Å². The fourth-order valence-electron chi connectivity index (χ4n) is 4.25. The van der Waals surface area contributed by atoms with Gasteiger partial charge in [-0.25, -0.2) is 13.2 Å². The molecule has 7 N–H and O–H groups in total. The van der Waals surface area contributed by atoms with Crippen LogP contribution in [-0.2, 0) is 19.4 Å². The number of carbonyl (C=O) groups is 3. The van der Waals surface area contributed by atoms with Crippen molar-refractivity contribution in [3.8, 4) is 5.75 Å². The number of aliphatic carboxylic acids is 1. The molecule has 0 radical (unpaired) electrons. The molecule has 2 amide bonds. The van der Waals surface area contributed by atoms with E-state index in [1.165, 1.54) is 11.8 Å². The fraction of sp³-hybridized carbons (Fsp3) is 0.423. The summed E-state index contributed by atoms with van der Waals surface area (Å²) in [7, 11) is -3.63. The van der Waals surface area contributed by atoms with Crippen LogP contribution >= 0.6 is 11.8 Å². The number of hydrogen-bond acceptors (Lipinski definition) is 9. The van der Waals surface area contributed by atoms with E-state index in [9.17, 15) is 44.3 Å². The zero-order valence-corrected chi connectivity index (χ0v) is 25.1. The smallest absolute Gasteiger partial charge is 0.475 e. The van der Waals surface area contributed by atoms with Crippen molar-refractivity contribution in [3.05, 3.63) is 48.0 Å². The maximum Gasteiger partial charge on any atom is 0.573 e. The average molecular weight is 689 g/mol. The number of carboxylic acid groups (broad SMARTS) is 1. The standard InChI is InChI=1S/C24H29F3N4O5S2.C2HF3O2/c1-37-17-5-7-18(8-6-17)38(34,35)13-14-2-3-15(28)10-21(14)31-22(32)12-30-23(33)19-11-16(4-9-20(19)29)36-24(25,26)27;3-2(4,5)1(6)7/h4-9,11,14-15,21H,2-3,10,12-13,28-29H2,1H3,(H,30,33)(H,31,32);(H,6,7)/t14-,15+,21-;/m0./s1. The van der Waals surface area contributed by atoms with Crippen LogP contribution in [0.1, 0.15) is 29.6 Å². The Morgan fingerprint density at radius 3 is 2.18 bits per heavy atom. The van der Waals surface area contributed by atoms with Crippen LogP contribution in [0.15, 0.2) is 52.3 Å². The van der Waals surface area contributed by atoms with E-state index in [0.29, 0.717) is 19.3 Å². The number of ether oxygens (including phenoxy) is 1. The Hall–Kier alpha value is -3.71. The number of sulfone groups is 1. The number of benzene rings is 2. The van der Waals surface area contributed by atoms with Crippen molar-refractivity contribution >= 4 is 45.1 Å². The summed E-state index contributed by atoms with van der Waals surface area (Å²) >= 11 is 1.50. The van der Waals surface area contributed by atoms with E-state index < -0.39 is 64.4 Å². The maximum atomic E-state index is 13.0. The van der Waals surface area contributed by atoms with Crippen LogP contribution in [0.25, 0.3) is 0 Å². The molecule has 0 aromatic heterocycles. The molecule has 2 aromatic carbocycles. The minimum absolute atomic E-state index is 0.105. The van der Waals surface area contributed by atoms with Crippen molar-refractivity contribution in [3.63, 3.8) is 0 Å². The number of thioether (sulfide) groups is 1. The van der Waals surface area contributed by atoms with Crippen LogP contribution in [0, 0.1) is 5.92 Å². The molecule has 1 aliphatic carbocycles. The predicted molar refractivity (Wildman–Crippen MR) is 151 cm³/mol. The van der Waals surface area contributed by atoms with E-state index in [0.717, 1.165) is 23.1 Å². The van der Waals surface area contributed by atoms with Gasteiger partial charge in [0.05, 0.1) is 22.8 Å². The average Bonchev–Trinajstić information content (AvgIpc) is 2.93. The number of carboxylic acids is 1. The Kier molecular flexibility index (Phi) is 12.9. The third kappa shape index (κ3) is 12.3. The fourth-order valence-corrected chi connectivity index (χ4v) is 6.36. The Morgan fingerprint density at radius 1 is 1.04 bits per heavy atom. The number of nitrogens with one attached hydrogen (secondary N) is 2. The molecule has 0 saturated heterocycles. The molecule has 1 aliphatic rings. The summed E-state index contributed by atoms with van der Waals surface area (Å²) in [6.07, 6.45) is -6.70. The number of hydrogen-bond donors (Lipinski definition) is 5. The number of nitrogens with two attached hydrogens (primary N) is 2. The van der Waals surface area contributed by atoms with Gasteiger partial charge in [0, 0.05) is 22.7 Å². The van der Waals surface area contributed by atoms with Gasteiger partial charge in [-0.05, 0) is 73.9 Å². The molecule has 45 heavy (non-hydrogen) atoms. The highest BCUT2D eigenvalue weighted by molar-refractivity contribution is 7.98. The largest absolute Gasteiger partial charge is 0.573 e. The van der Waals surface area contributed by atoms with Crippen LogP contribution in [0.2, 0.25) is 0 Å². The molecule has 0 unspecified atom stereocenters. The summed E-state index contributed by atoms with van der Waals surface area (Å²) in [4.78, 5) is 35.1. The summed E-state index contributed by atoms with van der Waals surface area (Å²) in [6, 6.07) is 8.66. The number of halogens is 6. The second-order valence-corrected chi connectivity index (χ2v) is 12.7. The van der Waals surface area contributed by atoms with Crippen molar-refractivity contribution in [2.75, 3.05) is 24.3 Å². The normalized spacial score (nSPS) is 18.6. The van der Waals surface area contributed by atoms with Gasteiger partial charge in [0.25, 0.3) is 5.91 Å². The lowest BCUT2D eigenvalue weighted by Crippen LogP contribution is -2.51. The molecular weight excluding hydrogens is 658 g/mol. The van der Waals surface area contributed by atoms with E-state index in [1.807, 2.05) is 6.26 Å². The Balaban J connectivity index is 0.000000900. The van der Waals surface area contributed by atoms with Gasteiger partial charge < -0.3 is 31.9 Å². The number of alkyl halides is 6. The number of nitrogen functional groups attached to an aromatic ring is 1. The molecule has 0 bridgehead atoms. The van der Waals surface area contributed by atoms with E-state index in [-0.39, 0.29) is 27.9 Å². The van der Waals surface area contributed by atoms with E-state index >= 15 is 0 Å². The van der Waals surface area contributed by atoms with Gasteiger partial charge in [0.15, 0.2) is 9.84 Å². The van der Waals surface area contributed by atoms with Crippen molar-refractivity contribution in [1.29, 1.82) is 0 Å². The second kappa shape index (κ2) is 15.5. The van der Waals surface area contributed by atoms with Crippen molar-refractivity contribution in [1.82, 2.24) is 10.6 Å². The number of anilines is 1. The molecule has 250 valence electrons. The summed E-state index contributed by atoms with van der Waals surface area (Å²) in [5.41, 5.74) is 11.4. The third-order valence-corrected chi connectivity index (χ3v) is 8.99. The SMILES string of the molecule is CSc1ccc(S(=O)(=O)C[C@@H]2CC[C@@H](N)C[C@@H]2NC(=O)CNC(=O)c2cc(OC(F)(F)F)ccc2N)cc1.O=C(O)C(F)(F)F. The zero-order chi connectivity index (χ0) is 34.2. The lowest BCUT2D eigenvalue weighted by molar-refractivity contribution is -0.274. The molecule has 0 aliphatic heterocycles. The van der Waals surface area contributed by atoms with Gasteiger partial charge in [-0.1, -0.05) is 0 Å². The molecular formula is C26H30F6N4O7S2. The Bertz CT molecular complexity index is 1460. The first-order valence-electron chi connectivity index (χ1n) is 12.9. The molecule has 3 atom stereocenters. The van der Waals surface area contributed by atoms with Crippen LogP contribution in [0.4, 0.5) is 32.0 Å². The van der Waals surface area contributed by atoms with E-state index in [1.54, 1.807) is 24.3 Å². The first kappa shape index (κ1) is 37.5. The van der Waals surface area contributed by atoms with Gasteiger partial charge >= 0.3 is 18.5 Å². The summed E-state index contributed by atoms with van der Waals surface area (Å²) in [5.74, 6) is -5.45. The number of rotatable bonds is 9. The van der Waals surface area contributed by atoms with Crippen LogP contribution in [-0.4, -0.2) is 74.5 Å². The Morgan fingerprint density at radius 2 is 1.64 bits per heavy atom. The van der Waals surface area contributed by atoms with Gasteiger partial charge in [-0.3, -0.25) is 9.59 Å². The highest BCUT2D eigenvalue weighted by Crippen LogP contribution is 2.29. The molecule has 0 spiro atoms. The third-order valence-electron chi connectivity index (χ3n) is 6.39. The van der Waals surface area contributed by atoms with Crippen molar-refractivity contribution < 1.29 is 59.0 Å². The van der Waals surface area contributed by atoms with Crippen LogP contribution in [0.3, 0.4) is 0 Å². The number of carbonyl (C=O) groups excluding carboxylic acids is 2. The summed E-state index contributed by atoms with van der Waals surface area (Å²) in [5, 5.41) is 12.2. The minimum Gasteiger partial charge on any atom is -0.475 e. The minimum atomic E-state index is -5.08. The number of amides is 2.